The Balaban J connectivity index is 0.000000116. The van der Waals surface area contributed by atoms with Gasteiger partial charge in [-0.1, -0.05) is 152 Å². The first-order chi connectivity index (χ1) is 70.8. The molecule has 14 aromatic rings. The number of amides is 4. The molecule has 6 saturated heterocycles. The minimum Gasteiger partial charge on any atom is -0.461 e. The zero-order valence-corrected chi connectivity index (χ0v) is 85.0. The largest absolute Gasteiger partial charge is 0.461 e. The molecule has 6 aromatic heterocycles. The topological polar surface area (TPSA) is 416 Å². The van der Waals surface area contributed by atoms with Crippen LogP contribution in [0.3, 0.4) is 0 Å². The Morgan fingerprint density at radius 1 is 0.354 bits per heavy atom. The third-order valence-electron chi connectivity index (χ3n) is 23.3. The van der Waals surface area contributed by atoms with Gasteiger partial charge in [-0.25, -0.2) is 24.4 Å². The molecule has 15 heterocycles. The van der Waals surface area contributed by atoms with E-state index in [0.717, 1.165) is 128 Å². The number of ether oxygens (including phenoxy) is 4. The number of nitrogens with one attached hydrogen (secondary N) is 8. The first-order valence-corrected chi connectivity index (χ1v) is 50.6. The van der Waals surface area contributed by atoms with E-state index in [-0.39, 0.29) is 84.7 Å². The molecule has 23 rings (SSSR count). The fourth-order valence-electron chi connectivity index (χ4n) is 15.9. The second kappa shape index (κ2) is 44.4. The van der Waals surface area contributed by atoms with Crippen molar-refractivity contribution < 1.29 is 76.5 Å². The molecule has 9 aliphatic heterocycles. The van der Waals surface area contributed by atoms with Crippen molar-refractivity contribution in [2.75, 3.05) is 0 Å². The van der Waals surface area contributed by atoms with Gasteiger partial charge in [0.15, 0.2) is 33.4 Å². The van der Waals surface area contributed by atoms with Crippen molar-refractivity contribution >= 4 is 278 Å². The minimum absolute atomic E-state index is 0.00989. The van der Waals surface area contributed by atoms with Crippen LogP contribution >= 0.6 is 119 Å². The molecule has 6 fully saturated rings. The Morgan fingerprint density at radius 2 is 0.769 bits per heavy atom. The fraction of sp³-hybridized carbons (Fsp3) is 0.0826. The van der Waals surface area contributed by atoms with Crippen molar-refractivity contribution in [3.05, 3.63) is 351 Å². The number of pyridine rings is 2. The summed E-state index contributed by atoms with van der Waals surface area (Å²) < 4.78 is 20.1. The van der Waals surface area contributed by atoms with Crippen LogP contribution in [0.25, 0.3) is 123 Å². The number of benzene rings is 8. The van der Waals surface area contributed by atoms with Gasteiger partial charge < -0.3 is 62.3 Å². The van der Waals surface area contributed by atoms with Gasteiger partial charge in [0.2, 0.25) is 11.8 Å². The minimum atomic E-state index is -0.449. The summed E-state index contributed by atoms with van der Waals surface area (Å²) in [7, 11) is 0. The maximum atomic E-state index is 11.8. The summed E-state index contributed by atoms with van der Waals surface area (Å²) in [6, 6.07) is 72.7. The van der Waals surface area contributed by atoms with Crippen LogP contribution in [0.2, 0.25) is 0 Å². The van der Waals surface area contributed by atoms with Gasteiger partial charge >= 0.3 is 23.9 Å². The van der Waals surface area contributed by atoms with Gasteiger partial charge in [-0.3, -0.25) is 53.8 Å². The zero-order chi connectivity index (χ0) is 103. The second-order valence-electron chi connectivity index (χ2n) is 33.6. The number of primary amides is 2. The van der Waals surface area contributed by atoms with Gasteiger partial charge in [-0.15, -0.1) is 45.3 Å². The lowest BCUT2D eigenvalue weighted by atomic mass is 9.99. The Labute approximate surface area is 885 Å². The van der Waals surface area contributed by atoms with Crippen molar-refractivity contribution in [2.24, 2.45) is 11.5 Å². The lowest BCUT2D eigenvalue weighted by Crippen LogP contribution is -2.21. The number of cyclic esters (lactones) is 3. The molecular weight excluding hydrogens is 2050 g/mol. The quantitative estimate of drug-likeness (QED) is 0.0186. The van der Waals surface area contributed by atoms with E-state index in [1.807, 2.05) is 212 Å². The zero-order valence-electron chi connectivity index (χ0n) is 76.8. The number of thiophene rings is 4. The number of aromatic nitrogens is 2. The molecule has 0 bridgehead atoms. The maximum absolute atomic E-state index is 11.8. The summed E-state index contributed by atoms with van der Waals surface area (Å²) in [6.07, 6.45) is 11.8. The highest BCUT2D eigenvalue weighted by molar-refractivity contribution is 7.81. The van der Waals surface area contributed by atoms with Crippen molar-refractivity contribution in [3.8, 4) is 64.7 Å². The molecule has 28 nitrogen and oxygen atoms in total. The molecule has 12 N–H and O–H groups in total. The predicted molar refractivity (Wildman–Crippen MR) is 590 cm³/mol. The van der Waals surface area contributed by atoms with Crippen molar-refractivity contribution in [1.82, 2.24) is 52.5 Å². The summed E-state index contributed by atoms with van der Waals surface area (Å²) in [5.41, 5.74) is 31.9. The Kier molecular flexibility index (Phi) is 30.4. The molecule has 0 radical (unpaired) electrons. The molecule has 0 unspecified atom stereocenters. The fourth-order valence-corrected chi connectivity index (χ4v) is 21.0. The van der Waals surface area contributed by atoms with Crippen LogP contribution < -0.4 is 54.0 Å². The molecule has 0 spiro atoms. The maximum Gasteiger partial charge on any atom is 0.338 e. The molecule has 147 heavy (non-hydrogen) atoms. The molecule has 0 saturated carbocycles. The SMILES string of the molecule is CC(=O)OCc1ccc(-c2ccc(/C=C3/NC(=S)CC3=O)s2)cc1.NC(=O)c1ccc(-c2ccc(/C=C3/NC(=S)CC3=O)s2)cc1.NC(=O)c1cccc(-c2ccc(/C=C3/NC(=S)CC3=O)s2)c1.O=C1CC(=S)N/C1=C/c1cc(-c2ccc3c(c2)COC3=O)cs1.O=C1NC(=S)N/C1=C\c1ccc2cc(-c3ccc4c(c3)C(=O)OC4)ccc2n1.O=C1NC(=S)N/C1=C\c1ccc2ccc(-c3ccc4c(c3)COC4=O)cc2n1. The summed E-state index contributed by atoms with van der Waals surface area (Å²) in [5, 5.41) is 27.0. The van der Waals surface area contributed by atoms with E-state index in [1.165, 1.54) is 18.3 Å². The van der Waals surface area contributed by atoms with Crippen LogP contribution in [0, 0.1) is 0 Å². The number of thiocarbonyl (C=S) groups is 6. The molecule has 0 aliphatic carbocycles. The molecule has 9 aliphatic rings. The molecule has 4 amide bonds. The number of ketones is 4. The van der Waals surface area contributed by atoms with Crippen molar-refractivity contribution in [1.29, 1.82) is 0 Å². The van der Waals surface area contributed by atoms with Gasteiger partial charge in [0.05, 0.1) is 108 Å². The van der Waals surface area contributed by atoms with Gasteiger partial charge in [0.1, 0.15) is 37.8 Å². The Morgan fingerprint density at radius 3 is 1.25 bits per heavy atom. The van der Waals surface area contributed by atoms with E-state index in [1.54, 1.807) is 94.7 Å². The highest BCUT2D eigenvalue weighted by Crippen LogP contribution is 2.38. The normalized spacial score (nSPS) is 16.6. The summed E-state index contributed by atoms with van der Waals surface area (Å²) in [5.74, 6) is -2.43. The van der Waals surface area contributed by atoms with Crippen LogP contribution in [-0.4, -0.2) is 111 Å². The summed E-state index contributed by atoms with van der Waals surface area (Å²) in [6.45, 7) is 2.66. The van der Waals surface area contributed by atoms with E-state index in [0.29, 0.717) is 130 Å². The van der Waals surface area contributed by atoms with E-state index >= 15 is 0 Å². The van der Waals surface area contributed by atoms with Crippen molar-refractivity contribution in [2.45, 2.75) is 59.0 Å². The van der Waals surface area contributed by atoms with Crippen LogP contribution in [0.4, 0.5) is 0 Å². The number of fused-ring (bicyclic) bond motifs is 5. The number of Topliss-reactive ketones (excluding diaryl/α,β-unsaturated/α-hetero) is 4. The third-order valence-corrected chi connectivity index (χ3v) is 28.8. The number of hydrogen-bond donors (Lipinski definition) is 10. The molecule has 8 aromatic carbocycles. The first kappa shape index (κ1) is 101. The predicted octanol–water partition coefficient (Wildman–Crippen LogP) is 18.3. The summed E-state index contributed by atoms with van der Waals surface area (Å²) >= 11 is 36.2. The highest BCUT2D eigenvalue weighted by Gasteiger charge is 2.30. The molecule has 38 heteroatoms. The van der Waals surface area contributed by atoms with Crippen LogP contribution in [0.1, 0.15) is 138 Å². The van der Waals surface area contributed by atoms with Gasteiger partial charge in [-0.2, -0.15) is 0 Å². The number of hydrogen-bond acceptors (Lipinski definition) is 28. The van der Waals surface area contributed by atoms with Gasteiger partial charge in [0.25, 0.3) is 11.8 Å². The number of nitrogens with zero attached hydrogens (tertiary/aromatic N) is 2. The van der Waals surface area contributed by atoms with Crippen LogP contribution in [0.5, 0.6) is 0 Å². The van der Waals surface area contributed by atoms with E-state index in [9.17, 15) is 57.5 Å². The second-order valence-corrected chi connectivity index (χ2v) is 40.7. The van der Waals surface area contributed by atoms with E-state index < -0.39 is 11.8 Å². The lowest BCUT2D eigenvalue weighted by molar-refractivity contribution is -0.142. The standard InChI is InChI=1S/2C21H13N3O3S.C18H15NO3S2.C17H11NO3S2.2C16H12N2O2S2/c25-19-18(23-21(28)24-19)9-15-5-3-13-7-11(4-6-17(13)22-15)12-1-2-14-10-27-20(26)16(14)8-12;25-19-18(23-21(28)24-19)9-15-5-3-11-1-2-13(8-17(11)22-15)12-4-6-16-14(7-12)10-27-20(16)26;1-11(20)22-10-12-2-4-13(5-3-12)17-7-6-14(24-17)8-15-16(21)9-18(23)19-15;19-15-6-16(22)18-14(15)5-12-4-11(8-23-12)9-1-2-13-10(3-9)7-21-17(13)20;17-16(20)10-3-1-9(2-4-10)14-6-5-11(22-14)7-12-13(19)8-15(21)18-12;17-16(20)10-3-1-2-9(6-10)14-5-4-11(22-14)7-12-13(19)8-15(21)18-12/h2*1-9H,10H2,(H2,23,24,25,28);2-8H,9-10H2,1H3,(H,19,23);1-5,8H,6-7H2,(H,18,22);2*1-7H,8H2,(H2,17,20)(H,18,21)/b2*18-9-;15-8+;14-5+;2*12-7+. The average molecular weight is 2130 g/mol. The smallest absolute Gasteiger partial charge is 0.338 e. The number of esters is 4. The lowest BCUT2D eigenvalue weighted by Gasteiger charge is -2.06. The van der Waals surface area contributed by atoms with Crippen LogP contribution in [0.15, 0.2) is 270 Å². The van der Waals surface area contributed by atoms with E-state index in [4.69, 9.17) is 104 Å². The van der Waals surface area contributed by atoms with Crippen LogP contribution in [-0.2, 0) is 78.9 Å². The first-order valence-electron chi connectivity index (χ1n) is 44.8. The van der Waals surface area contributed by atoms with Crippen molar-refractivity contribution in [3.63, 3.8) is 0 Å². The monoisotopic (exact) mass is 2130 g/mol. The highest BCUT2D eigenvalue weighted by atomic mass is 32.1. The van der Waals surface area contributed by atoms with E-state index in [2.05, 4.69) is 52.5 Å². The summed E-state index contributed by atoms with van der Waals surface area (Å²) in [4.78, 5) is 157. The molecule has 728 valence electrons. The third kappa shape index (κ3) is 24.6. The average Bonchev–Trinajstić information content (AvgIpc) is 1.72. The Bertz CT molecular complexity index is 8260. The number of allylic oxidation sites excluding steroid dienone is 4. The number of rotatable bonds is 16. The van der Waals surface area contributed by atoms with Gasteiger partial charge in [-0.05, 0) is 249 Å². The molecular formula is C109H76N12O16S10. The number of carbonyl (C=O) groups excluding carboxylic acids is 12. The number of nitrogens with two attached hydrogens (primary N) is 2. The molecule has 0 atom stereocenters. The van der Waals surface area contributed by atoms with Gasteiger partial charge in [0, 0.05) is 79.7 Å². The number of carbonyl (C=O) groups is 12. The Hall–Kier alpha value is -16.4.